The number of aliphatic carboxylic acids is 1. The van der Waals surface area contributed by atoms with Gasteiger partial charge in [-0.15, -0.1) is 0 Å². The molecular formula is C15H11ClO4. The number of benzene rings is 2. The third-order valence-corrected chi connectivity index (χ3v) is 2.80. The maximum absolute atomic E-state index is 11.1. The van der Waals surface area contributed by atoms with E-state index in [9.17, 15) is 4.79 Å². The summed E-state index contributed by atoms with van der Waals surface area (Å²) in [4.78, 5) is 11.1. The van der Waals surface area contributed by atoms with Crippen LogP contribution < -0.4 is 4.74 Å². The predicted molar refractivity (Wildman–Crippen MR) is 76.2 cm³/mol. The van der Waals surface area contributed by atoms with Gasteiger partial charge in [-0.05, 0) is 30.3 Å². The van der Waals surface area contributed by atoms with Crippen molar-refractivity contribution < 1.29 is 19.7 Å². The number of hydrogen-bond donors (Lipinski definition) is 2. The van der Waals surface area contributed by atoms with E-state index in [1.165, 1.54) is 6.07 Å². The molecule has 0 aliphatic rings. The molecule has 0 saturated heterocycles. The van der Waals surface area contributed by atoms with Crippen LogP contribution in [0.4, 0.5) is 0 Å². The van der Waals surface area contributed by atoms with E-state index in [0.717, 1.165) is 0 Å². The van der Waals surface area contributed by atoms with E-state index in [4.69, 9.17) is 26.6 Å². The van der Waals surface area contributed by atoms with Crippen LogP contribution in [-0.4, -0.2) is 16.2 Å². The second-order valence-corrected chi connectivity index (χ2v) is 4.34. The molecule has 4 nitrogen and oxygen atoms in total. The Balaban J connectivity index is 2.46. The molecule has 0 fully saturated rings. The van der Waals surface area contributed by atoms with Crippen LogP contribution in [0.15, 0.2) is 54.8 Å². The summed E-state index contributed by atoms with van der Waals surface area (Å²) in [5, 5.41) is 18.5. The molecule has 2 aromatic carbocycles. The normalized spacial score (nSPS) is 11.2. The van der Waals surface area contributed by atoms with Crippen LogP contribution in [0.2, 0.25) is 5.02 Å². The fraction of sp³-hybridized carbons (Fsp3) is 0. The monoisotopic (exact) mass is 290 g/mol. The molecule has 20 heavy (non-hydrogen) atoms. The largest absolute Gasteiger partial charge is 0.515 e. The molecule has 5 heteroatoms. The van der Waals surface area contributed by atoms with Crippen LogP contribution in [-0.2, 0) is 4.79 Å². The molecule has 0 unspecified atom stereocenters. The van der Waals surface area contributed by atoms with E-state index in [2.05, 4.69) is 0 Å². The number of rotatable bonds is 4. The number of halogens is 1. The van der Waals surface area contributed by atoms with Gasteiger partial charge < -0.3 is 14.9 Å². The molecule has 0 atom stereocenters. The van der Waals surface area contributed by atoms with Crippen molar-refractivity contribution in [2.24, 2.45) is 0 Å². The van der Waals surface area contributed by atoms with Gasteiger partial charge in [-0.2, -0.15) is 0 Å². The maximum Gasteiger partial charge on any atom is 0.339 e. The second kappa shape index (κ2) is 6.12. The molecule has 0 spiro atoms. The highest BCUT2D eigenvalue weighted by atomic mass is 35.5. The Morgan fingerprint density at radius 3 is 2.45 bits per heavy atom. The van der Waals surface area contributed by atoms with E-state index in [0.29, 0.717) is 22.8 Å². The van der Waals surface area contributed by atoms with E-state index < -0.39 is 5.97 Å². The van der Waals surface area contributed by atoms with Gasteiger partial charge in [0.2, 0.25) is 0 Å². The molecule has 2 rings (SSSR count). The highest BCUT2D eigenvalue weighted by Gasteiger charge is 2.17. The van der Waals surface area contributed by atoms with E-state index >= 15 is 0 Å². The number of carboxylic acids is 1. The summed E-state index contributed by atoms with van der Waals surface area (Å²) >= 11 is 5.87. The summed E-state index contributed by atoms with van der Waals surface area (Å²) < 4.78 is 5.62. The minimum absolute atomic E-state index is 0.205. The van der Waals surface area contributed by atoms with Gasteiger partial charge in [0.05, 0.1) is 6.26 Å². The molecule has 0 amide bonds. The molecule has 0 radical (unpaired) electrons. The van der Waals surface area contributed by atoms with Gasteiger partial charge >= 0.3 is 5.97 Å². The fourth-order valence-electron chi connectivity index (χ4n) is 1.66. The molecular weight excluding hydrogens is 280 g/mol. The van der Waals surface area contributed by atoms with Crippen LogP contribution in [0.1, 0.15) is 5.56 Å². The van der Waals surface area contributed by atoms with Crippen LogP contribution >= 0.6 is 11.6 Å². The first-order chi connectivity index (χ1) is 9.61. The van der Waals surface area contributed by atoms with Gasteiger partial charge in [0.15, 0.2) is 0 Å². The van der Waals surface area contributed by atoms with Gasteiger partial charge in [0, 0.05) is 10.6 Å². The van der Waals surface area contributed by atoms with Crippen molar-refractivity contribution in [3.05, 3.63) is 65.4 Å². The van der Waals surface area contributed by atoms with Crippen molar-refractivity contribution in [1.82, 2.24) is 0 Å². The number of carbonyl (C=O) groups is 1. The van der Waals surface area contributed by atoms with Crippen LogP contribution in [0, 0.1) is 0 Å². The minimum atomic E-state index is -1.27. The van der Waals surface area contributed by atoms with Gasteiger partial charge in [0.1, 0.15) is 17.1 Å². The SMILES string of the molecule is O=C(O)C(=CO)c1cc(Cl)ccc1Oc1ccccc1. The van der Waals surface area contributed by atoms with Crippen molar-refractivity contribution in [3.63, 3.8) is 0 Å². The first-order valence-corrected chi connectivity index (χ1v) is 6.10. The Bertz CT molecular complexity index is 650. The Labute approximate surface area is 120 Å². The number of ether oxygens (including phenoxy) is 1. The Kier molecular flexibility index (Phi) is 4.27. The summed E-state index contributed by atoms with van der Waals surface area (Å²) in [5.74, 6) is -0.422. The lowest BCUT2D eigenvalue weighted by atomic mass is 10.1. The average molecular weight is 291 g/mol. The lowest BCUT2D eigenvalue weighted by Gasteiger charge is -2.11. The quantitative estimate of drug-likeness (QED) is 0.657. The zero-order valence-corrected chi connectivity index (χ0v) is 11.0. The molecule has 2 N–H and O–H groups in total. The summed E-state index contributed by atoms with van der Waals surface area (Å²) in [6.45, 7) is 0. The standard InChI is InChI=1S/C15H11ClO4/c16-10-6-7-14(20-11-4-2-1-3-5-11)12(8-10)13(9-17)15(18)19/h1-9,17H,(H,18,19). The first kappa shape index (κ1) is 14.0. The Hall–Kier alpha value is -2.46. The Morgan fingerprint density at radius 1 is 1.15 bits per heavy atom. The Morgan fingerprint density at radius 2 is 1.85 bits per heavy atom. The van der Waals surface area contributed by atoms with Gasteiger partial charge in [-0.1, -0.05) is 29.8 Å². The molecule has 0 bridgehead atoms. The van der Waals surface area contributed by atoms with Gasteiger partial charge in [-0.3, -0.25) is 0 Å². The third-order valence-electron chi connectivity index (χ3n) is 2.56. The fourth-order valence-corrected chi connectivity index (χ4v) is 1.83. The highest BCUT2D eigenvalue weighted by Crippen LogP contribution is 2.32. The lowest BCUT2D eigenvalue weighted by molar-refractivity contribution is -0.130. The second-order valence-electron chi connectivity index (χ2n) is 3.90. The smallest absolute Gasteiger partial charge is 0.339 e. The zero-order chi connectivity index (χ0) is 14.5. The van der Waals surface area contributed by atoms with Gasteiger partial charge in [0.25, 0.3) is 0 Å². The molecule has 2 aromatic rings. The van der Waals surface area contributed by atoms with E-state index in [-0.39, 0.29) is 11.1 Å². The van der Waals surface area contributed by atoms with Gasteiger partial charge in [-0.25, -0.2) is 4.79 Å². The van der Waals surface area contributed by atoms with Crippen molar-refractivity contribution >= 4 is 23.1 Å². The number of carboxylic acid groups (broad SMARTS) is 1. The van der Waals surface area contributed by atoms with E-state index in [1.807, 2.05) is 6.07 Å². The lowest BCUT2D eigenvalue weighted by Crippen LogP contribution is -2.02. The number of aliphatic hydroxyl groups is 1. The highest BCUT2D eigenvalue weighted by molar-refractivity contribution is 6.31. The molecule has 0 saturated carbocycles. The summed E-state index contributed by atoms with van der Waals surface area (Å²) in [6, 6.07) is 13.5. The number of hydrogen-bond acceptors (Lipinski definition) is 3. The molecule has 0 aliphatic heterocycles. The predicted octanol–water partition coefficient (Wildman–Crippen LogP) is 4.12. The van der Waals surface area contributed by atoms with Crippen LogP contribution in [0.25, 0.3) is 5.57 Å². The summed E-state index contributed by atoms with van der Waals surface area (Å²) in [7, 11) is 0. The summed E-state index contributed by atoms with van der Waals surface area (Å²) in [6.07, 6.45) is 0.520. The molecule has 102 valence electrons. The van der Waals surface area contributed by atoms with Crippen molar-refractivity contribution in [1.29, 1.82) is 0 Å². The third kappa shape index (κ3) is 3.10. The van der Waals surface area contributed by atoms with Crippen molar-refractivity contribution in [2.75, 3.05) is 0 Å². The number of aliphatic hydroxyl groups excluding tert-OH is 1. The number of para-hydroxylation sites is 1. The summed E-state index contributed by atoms with van der Waals surface area (Å²) in [5.41, 5.74) is -0.0882. The topological polar surface area (TPSA) is 66.8 Å². The average Bonchev–Trinajstić information content (AvgIpc) is 2.43. The zero-order valence-electron chi connectivity index (χ0n) is 10.3. The minimum Gasteiger partial charge on any atom is -0.515 e. The van der Waals surface area contributed by atoms with Crippen LogP contribution in [0.5, 0.6) is 11.5 Å². The van der Waals surface area contributed by atoms with Crippen LogP contribution in [0.3, 0.4) is 0 Å². The molecule has 0 heterocycles. The van der Waals surface area contributed by atoms with E-state index in [1.54, 1.807) is 36.4 Å². The molecule has 0 aliphatic carbocycles. The molecule has 0 aromatic heterocycles. The maximum atomic E-state index is 11.1. The van der Waals surface area contributed by atoms with Crippen molar-refractivity contribution in [2.45, 2.75) is 0 Å². The first-order valence-electron chi connectivity index (χ1n) is 5.72. The van der Waals surface area contributed by atoms with Crippen molar-refractivity contribution in [3.8, 4) is 11.5 Å².